The maximum atomic E-state index is 13.1. The summed E-state index contributed by atoms with van der Waals surface area (Å²) in [4.78, 5) is 57.7. The topological polar surface area (TPSA) is 121 Å². The van der Waals surface area contributed by atoms with E-state index in [4.69, 9.17) is 9.47 Å². The molecule has 55 heavy (non-hydrogen) atoms. The number of carbonyl (C=O) groups excluding carboxylic acids is 4. The van der Waals surface area contributed by atoms with Gasteiger partial charge in [0.05, 0.1) is 0 Å². The second-order valence-corrected chi connectivity index (χ2v) is 19.1. The minimum atomic E-state index is -0.670. The lowest BCUT2D eigenvalue weighted by Gasteiger charge is -2.34. The van der Waals surface area contributed by atoms with E-state index in [1.165, 1.54) is 19.3 Å². The average molecular weight is 764 g/mol. The summed E-state index contributed by atoms with van der Waals surface area (Å²) in [6, 6.07) is 14.1. The van der Waals surface area contributed by atoms with E-state index < -0.39 is 46.3 Å². The lowest BCUT2D eigenvalue weighted by atomic mass is 9.82. The summed E-state index contributed by atoms with van der Waals surface area (Å²) in [5.41, 5.74) is 1.38. The maximum Gasteiger partial charge on any atom is 0.408 e. The Labute approximate surface area is 330 Å². The first-order valence-corrected chi connectivity index (χ1v) is 19.8. The number of anilines is 2. The van der Waals surface area contributed by atoms with Crippen molar-refractivity contribution in [3.05, 3.63) is 59.7 Å². The Hall–Kier alpha value is -4.12. The first kappa shape index (κ1) is 45.3. The lowest BCUT2D eigenvalue weighted by Crippen LogP contribution is -2.50. The van der Waals surface area contributed by atoms with Crippen LogP contribution in [0.2, 0.25) is 0 Å². The van der Waals surface area contributed by atoms with Crippen molar-refractivity contribution in [2.75, 3.05) is 56.1 Å². The lowest BCUT2D eigenvalue weighted by molar-refractivity contribution is 0.0441. The molecule has 4 rings (SSSR count). The summed E-state index contributed by atoms with van der Waals surface area (Å²) in [5.74, 6) is -0.207. The molecule has 0 spiro atoms. The molecule has 2 N–H and O–H groups in total. The quantitative estimate of drug-likeness (QED) is 0.256. The van der Waals surface area contributed by atoms with Gasteiger partial charge in [-0.05, 0) is 127 Å². The normalized spacial score (nSPS) is 16.9. The molecule has 0 aliphatic carbocycles. The predicted octanol–water partition coefficient (Wildman–Crippen LogP) is 8.36. The molecule has 0 saturated carbocycles. The van der Waals surface area contributed by atoms with Gasteiger partial charge in [-0.15, -0.1) is 0 Å². The number of amides is 2. The number of hydrogen-bond donors (Lipinski definition) is 2. The monoisotopic (exact) mass is 764 g/mol. The van der Waals surface area contributed by atoms with Crippen LogP contribution >= 0.6 is 0 Å². The van der Waals surface area contributed by atoms with E-state index in [1.54, 1.807) is 41.5 Å². The van der Waals surface area contributed by atoms with Gasteiger partial charge in [-0.3, -0.25) is 9.59 Å². The number of alkyl carbamates (subject to hydrolysis) is 2. The fourth-order valence-electron chi connectivity index (χ4n) is 6.42. The van der Waals surface area contributed by atoms with Gasteiger partial charge in [0, 0.05) is 61.8 Å². The number of likely N-dealkylation sites (N-methyl/N-ethyl adjacent to an activating group) is 1. The summed E-state index contributed by atoms with van der Waals surface area (Å²) >= 11 is 0. The summed E-state index contributed by atoms with van der Waals surface area (Å²) in [6.07, 6.45) is 2.58. The molecule has 11 nitrogen and oxygen atoms in total. The fraction of sp³-hybridized carbons (Fsp3) is 0.636. The van der Waals surface area contributed by atoms with Crippen LogP contribution in [-0.4, -0.2) is 98.3 Å². The molecule has 11 heteroatoms. The van der Waals surface area contributed by atoms with Crippen LogP contribution in [0.1, 0.15) is 123 Å². The molecule has 2 saturated heterocycles. The number of piperazine rings is 1. The summed E-state index contributed by atoms with van der Waals surface area (Å²) in [6.45, 7) is 28.6. The Morgan fingerprint density at radius 3 is 1.15 bits per heavy atom. The van der Waals surface area contributed by atoms with Gasteiger partial charge in [0.15, 0.2) is 11.6 Å². The highest BCUT2D eigenvalue weighted by Crippen LogP contribution is 2.27. The number of nitrogens with one attached hydrogen (secondary N) is 2. The van der Waals surface area contributed by atoms with Crippen LogP contribution in [0.15, 0.2) is 48.5 Å². The van der Waals surface area contributed by atoms with E-state index in [0.717, 1.165) is 50.6 Å². The third-order valence-electron chi connectivity index (χ3n) is 9.47. The smallest absolute Gasteiger partial charge is 0.408 e. The molecule has 2 aromatic carbocycles. The largest absolute Gasteiger partial charge is 0.444 e. The highest BCUT2D eigenvalue weighted by molar-refractivity contribution is 6.03. The molecule has 2 fully saturated rings. The van der Waals surface area contributed by atoms with E-state index in [2.05, 4.69) is 32.4 Å². The third kappa shape index (κ3) is 14.8. The van der Waals surface area contributed by atoms with Crippen molar-refractivity contribution in [1.29, 1.82) is 0 Å². The van der Waals surface area contributed by atoms with Crippen molar-refractivity contribution in [1.82, 2.24) is 15.5 Å². The zero-order chi connectivity index (χ0) is 41.4. The van der Waals surface area contributed by atoms with Crippen LogP contribution in [0.3, 0.4) is 0 Å². The Morgan fingerprint density at radius 2 is 0.836 bits per heavy atom. The molecule has 2 aromatic rings. The molecular formula is C44H69N5O6. The number of benzene rings is 2. The Balaban J connectivity index is 0.000000296. The van der Waals surface area contributed by atoms with Gasteiger partial charge in [-0.2, -0.15) is 0 Å². The molecule has 2 heterocycles. The van der Waals surface area contributed by atoms with Crippen molar-refractivity contribution in [2.45, 2.75) is 126 Å². The molecule has 0 unspecified atom stereocenters. The first-order valence-electron chi connectivity index (χ1n) is 19.8. The van der Waals surface area contributed by atoms with Gasteiger partial charge in [-0.25, -0.2) is 9.59 Å². The first-order chi connectivity index (χ1) is 25.3. The van der Waals surface area contributed by atoms with Crippen LogP contribution in [0.5, 0.6) is 0 Å². The second-order valence-electron chi connectivity index (χ2n) is 19.1. The Bertz CT molecular complexity index is 1570. The summed E-state index contributed by atoms with van der Waals surface area (Å²) in [5, 5.41) is 5.54. The van der Waals surface area contributed by atoms with Gasteiger partial charge >= 0.3 is 12.2 Å². The van der Waals surface area contributed by atoms with Crippen LogP contribution in [-0.2, 0) is 9.47 Å². The van der Waals surface area contributed by atoms with E-state index in [0.29, 0.717) is 11.1 Å². The van der Waals surface area contributed by atoms with Crippen molar-refractivity contribution in [2.24, 2.45) is 10.8 Å². The number of Topliss-reactive ketones (excluding diaryl/α,β-unsaturated/α-hetero) is 2. The van der Waals surface area contributed by atoms with E-state index in [1.807, 2.05) is 90.1 Å². The van der Waals surface area contributed by atoms with Crippen molar-refractivity contribution in [3.63, 3.8) is 0 Å². The molecule has 0 radical (unpaired) electrons. The number of rotatable bonds is 8. The molecule has 0 aromatic heterocycles. The fourth-order valence-corrected chi connectivity index (χ4v) is 6.42. The van der Waals surface area contributed by atoms with Gasteiger partial charge < -0.3 is 34.8 Å². The van der Waals surface area contributed by atoms with Gasteiger partial charge in [0.1, 0.15) is 23.3 Å². The highest BCUT2D eigenvalue weighted by Gasteiger charge is 2.36. The molecule has 2 aliphatic rings. The predicted molar refractivity (Wildman–Crippen MR) is 223 cm³/mol. The average Bonchev–Trinajstić information content (AvgIpc) is 3.08. The third-order valence-corrected chi connectivity index (χ3v) is 9.47. The number of ketones is 2. The molecule has 2 atom stereocenters. The van der Waals surface area contributed by atoms with Crippen LogP contribution in [0.25, 0.3) is 0 Å². The Kier molecular flexibility index (Phi) is 15.4. The van der Waals surface area contributed by atoms with Crippen molar-refractivity contribution in [3.8, 4) is 0 Å². The van der Waals surface area contributed by atoms with E-state index in [-0.39, 0.29) is 11.6 Å². The molecular weight excluding hydrogens is 695 g/mol. The van der Waals surface area contributed by atoms with Crippen LogP contribution in [0.4, 0.5) is 21.0 Å². The minimum Gasteiger partial charge on any atom is -0.444 e. The maximum absolute atomic E-state index is 13.1. The molecule has 2 amide bonds. The number of hydrogen-bond acceptors (Lipinski definition) is 9. The molecule has 0 bridgehead atoms. The summed E-state index contributed by atoms with van der Waals surface area (Å²) in [7, 11) is 2.13. The van der Waals surface area contributed by atoms with Gasteiger partial charge in [-0.1, -0.05) is 41.5 Å². The number of nitrogens with zero attached hydrogens (tertiary/aromatic N) is 3. The number of piperidine rings is 1. The second kappa shape index (κ2) is 18.7. The van der Waals surface area contributed by atoms with E-state index >= 15 is 0 Å². The van der Waals surface area contributed by atoms with Crippen LogP contribution in [0, 0.1) is 10.8 Å². The SMILES string of the molecule is CC(C)(C)OC(=O)N[C@H](C(=O)c1ccc(N2CCCCC2)cc1)C(C)(C)C.CN1CCN(c2ccc(C(=O)[C@@H](NC(=O)OC(C)(C)C)C(C)(C)C)cc2)CC1. The minimum absolute atomic E-state index is 0.0986. The Morgan fingerprint density at radius 1 is 0.509 bits per heavy atom. The highest BCUT2D eigenvalue weighted by atomic mass is 16.6. The number of carbonyl (C=O) groups is 4. The summed E-state index contributed by atoms with van der Waals surface area (Å²) < 4.78 is 10.7. The van der Waals surface area contributed by atoms with Crippen molar-refractivity contribution < 1.29 is 28.7 Å². The zero-order valence-corrected chi connectivity index (χ0v) is 35.9. The zero-order valence-electron chi connectivity index (χ0n) is 35.9. The van der Waals surface area contributed by atoms with Crippen LogP contribution < -0.4 is 20.4 Å². The van der Waals surface area contributed by atoms with Gasteiger partial charge in [0.25, 0.3) is 0 Å². The number of ether oxygens (including phenoxy) is 2. The molecule has 306 valence electrons. The van der Waals surface area contributed by atoms with E-state index in [9.17, 15) is 19.2 Å². The van der Waals surface area contributed by atoms with Gasteiger partial charge in [0.2, 0.25) is 0 Å². The molecule has 2 aliphatic heterocycles. The standard InChI is InChI=1S/C22H35N3O3.C22H34N2O3/c1-21(2,3)19(23-20(27)28-22(4,5)6)18(26)16-8-10-17(11-9-16)25-14-12-24(7)13-15-25;1-21(2,3)19(23-20(26)27-22(4,5)6)18(25)16-10-12-17(13-11-16)24-14-8-7-9-15-24/h8-11,19H,12-15H2,1-7H3,(H,23,27);10-13,19H,7-9,14-15H2,1-6H3,(H,23,26)/t2*19-/m11/s1. The van der Waals surface area contributed by atoms with Crippen molar-refractivity contribution >= 4 is 35.1 Å².